The maximum absolute atomic E-state index is 5.74. The van der Waals surface area contributed by atoms with E-state index in [1.165, 1.54) is 0 Å². The first-order valence-electron chi connectivity index (χ1n) is 5.33. The summed E-state index contributed by atoms with van der Waals surface area (Å²) in [7, 11) is 1.65. The number of halogens is 1. The molecule has 1 fully saturated rings. The summed E-state index contributed by atoms with van der Waals surface area (Å²) in [5.41, 5.74) is 0. The monoisotopic (exact) mass is 286 g/mol. The molecular formula is C12H15BrO3. The summed E-state index contributed by atoms with van der Waals surface area (Å²) in [6, 6.07) is 5.71. The standard InChI is InChI=1S/C12H15BrO3/c1-14-10-2-3-12(11(13)6-10)16-8-9-4-5-15-7-9/h2-3,6,9H,4-5,7-8H2,1H3. The second-order valence-corrected chi connectivity index (χ2v) is 4.69. The van der Waals surface area contributed by atoms with Crippen molar-refractivity contribution in [3.63, 3.8) is 0 Å². The second kappa shape index (κ2) is 5.55. The molecule has 0 radical (unpaired) electrons. The Kier molecular flexibility index (Phi) is 4.07. The van der Waals surface area contributed by atoms with Crippen LogP contribution in [0.15, 0.2) is 22.7 Å². The highest BCUT2D eigenvalue weighted by molar-refractivity contribution is 9.10. The van der Waals surface area contributed by atoms with Crippen LogP contribution in [0.5, 0.6) is 11.5 Å². The van der Waals surface area contributed by atoms with Gasteiger partial charge in [-0.3, -0.25) is 0 Å². The van der Waals surface area contributed by atoms with Crippen LogP contribution in [-0.2, 0) is 4.74 Å². The number of hydrogen-bond donors (Lipinski definition) is 0. The Morgan fingerprint density at radius 2 is 2.38 bits per heavy atom. The first-order chi connectivity index (χ1) is 7.79. The number of hydrogen-bond acceptors (Lipinski definition) is 3. The Morgan fingerprint density at radius 3 is 3.00 bits per heavy atom. The predicted octanol–water partition coefficient (Wildman–Crippen LogP) is 2.87. The average Bonchev–Trinajstić information content (AvgIpc) is 2.80. The number of methoxy groups -OCH3 is 1. The first kappa shape index (κ1) is 11.7. The van der Waals surface area contributed by atoms with Crippen molar-refractivity contribution < 1.29 is 14.2 Å². The lowest BCUT2D eigenvalue weighted by molar-refractivity contribution is 0.167. The molecule has 1 aromatic carbocycles. The van der Waals surface area contributed by atoms with E-state index < -0.39 is 0 Å². The van der Waals surface area contributed by atoms with Crippen LogP contribution in [0.2, 0.25) is 0 Å². The maximum atomic E-state index is 5.74. The molecule has 1 aliphatic heterocycles. The number of benzene rings is 1. The van der Waals surface area contributed by atoms with Crippen LogP contribution in [0.4, 0.5) is 0 Å². The van der Waals surface area contributed by atoms with Crippen LogP contribution in [0.1, 0.15) is 6.42 Å². The Bertz CT molecular complexity index is 348. The van der Waals surface area contributed by atoms with Crippen LogP contribution in [0.25, 0.3) is 0 Å². The second-order valence-electron chi connectivity index (χ2n) is 3.84. The van der Waals surface area contributed by atoms with E-state index in [9.17, 15) is 0 Å². The molecule has 1 aliphatic rings. The molecule has 1 unspecified atom stereocenters. The van der Waals surface area contributed by atoms with Gasteiger partial charge >= 0.3 is 0 Å². The Morgan fingerprint density at radius 1 is 1.50 bits per heavy atom. The van der Waals surface area contributed by atoms with E-state index in [1.54, 1.807) is 7.11 Å². The molecule has 0 aromatic heterocycles. The molecule has 2 rings (SSSR count). The number of ether oxygens (including phenoxy) is 3. The van der Waals surface area contributed by atoms with Crippen LogP contribution in [-0.4, -0.2) is 26.9 Å². The molecule has 0 bridgehead atoms. The average molecular weight is 287 g/mol. The highest BCUT2D eigenvalue weighted by atomic mass is 79.9. The van der Waals surface area contributed by atoms with Gasteiger partial charge in [-0.05, 0) is 40.5 Å². The van der Waals surface area contributed by atoms with Gasteiger partial charge in [0.1, 0.15) is 11.5 Å². The third-order valence-electron chi connectivity index (χ3n) is 2.64. The fraction of sp³-hybridized carbons (Fsp3) is 0.500. The summed E-state index contributed by atoms with van der Waals surface area (Å²) in [5, 5.41) is 0. The van der Waals surface area contributed by atoms with Crippen molar-refractivity contribution in [3.8, 4) is 11.5 Å². The largest absolute Gasteiger partial charge is 0.497 e. The Labute approximate surface area is 104 Å². The quantitative estimate of drug-likeness (QED) is 0.852. The van der Waals surface area contributed by atoms with E-state index >= 15 is 0 Å². The van der Waals surface area contributed by atoms with E-state index in [4.69, 9.17) is 14.2 Å². The lowest BCUT2D eigenvalue weighted by Gasteiger charge is -2.12. The molecule has 0 spiro atoms. The minimum atomic E-state index is 0.522. The molecule has 1 atom stereocenters. The lowest BCUT2D eigenvalue weighted by atomic mass is 10.1. The van der Waals surface area contributed by atoms with Gasteiger partial charge in [0.05, 0.1) is 24.8 Å². The normalized spacial score (nSPS) is 19.8. The Hall–Kier alpha value is -0.740. The minimum absolute atomic E-state index is 0.522. The number of rotatable bonds is 4. The van der Waals surface area contributed by atoms with Crippen molar-refractivity contribution in [2.24, 2.45) is 5.92 Å². The predicted molar refractivity (Wildman–Crippen MR) is 65.1 cm³/mol. The van der Waals surface area contributed by atoms with Crippen LogP contribution >= 0.6 is 15.9 Å². The summed E-state index contributed by atoms with van der Waals surface area (Å²) < 4.78 is 17.1. The van der Waals surface area contributed by atoms with E-state index in [1.807, 2.05) is 18.2 Å². The van der Waals surface area contributed by atoms with Gasteiger partial charge in [-0.25, -0.2) is 0 Å². The van der Waals surface area contributed by atoms with Crippen LogP contribution in [0.3, 0.4) is 0 Å². The van der Waals surface area contributed by atoms with Gasteiger partial charge < -0.3 is 14.2 Å². The topological polar surface area (TPSA) is 27.7 Å². The van der Waals surface area contributed by atoms with E-state index in [-0.39, 0.29) is 0 Å². The van der Waals surface area contributed by atoms with Crippen molar-refractivity contribution in [1.29, 1.82) is 0 Å². The third kappa shape index (κ3) is 2.89. The zero-order chi connectivity index (χ0) is 11.4. The van der Waals surface area contributed by atoms with Crippen molar-refractivity contribution >= 4 is 15.9 Å². The van der Waals surface area contributed by atoms with E-state index in [2.05, 4.69) is 15.9 Å². The summed E-state index contributed by atoms with van der Waals surface area (Å²) >= 11 is 3.46. The molecular weight excluding hydrogens is 272 g/mol. The van der Waals surface area contributed by atoms with Crippen molar-refractivity contribution in [2.75, 3.05) is 26.9 Å². The lowest BCUT2D eigenvalue weighted by Crippen LogP contribution is -2.11. The maximum Gasteiger partial charge on any atom is 0.133 e. The molecule has 0 N–H and O–H groups in total. The van der Waals surface area contributed by atoms with Gasteiger partial charge in [-0.1, -0.05) is 0 Å². The van der Waals surface area contributed by atoms with Crippen molar-refractivity contribution in [3.05, 3.63) is 22.7 Å². The van der Waals surface area contributed by atoms with Gasteiger partial charge in [-0.2, -0.15) is 0 Å². The van der Waals surface area contributed by atoms with Gasteiger partial charge in [-0.15, -0.1) is 0 Å². The van der Waals surface area contributed by atoms with Gasteiger partial charge in [0.15, 0.2) is 0 Å². The molecule has 3 nitrogen and oxygen atoms in total. The molecule has 0 aliphatic carbocycles. The van der Waals surface area contributed by atoms with Gasteiger partial charge in [0, 0.05) is 12.5 Å². The van der Waals surface area contributed by atoms with Crippen LogP contribution < -0.4 is 9.47 Å². The zero-order valence-corrected chi connectivity index (χ0v) is 10.8. The molecule has 1 heterocycles. The first-order valence-corrected chi connectivity index (χ1v) is 6.13. The molecule has 0 saturated carbocycles. The van der Waals surface area contributed by atoms with Crippen molar-refractivity contribution in [1.82, 2.24) is 0 Å². The third-order valence-corrected chi connectivity index (χ3v) is 3.26. The highest BCUT2D eigenvalue weighted by Gasteiger charge is 2.16. The SMILES string of the molecule is COc1ccc(OCC2CCOC2)c(Br)c1. The van der Waals surface area contributed by atoms with E-state index in [0.29, 0.717) is 12.5 Å². The highest BCUT2D eigenvalue weighted by Crippen LogP contribution is 2.29. The Balaban J connectivity index is 1.93. The summed E-state index contributed by atoms with van der Waals surface area (Å²) in [6.07, 6.45) is 1.09. The smallest absolute Gasteiger partial charge is 0.133 e. The fourth-order valence-corrected chi connectivity index (χ4v) is 2.12. The molecule has 4 heteroatoms. The van der Waals surface area contributed by atoms with Crippen molar-refractivity contribution in [2.45, 2.75) is 6.42 Å². The molecule has 88 valence electrons. The molecule has 1 aromatic rings. The van der Waals surface area contributed by atoms with Gasteiger partial charge in [0.2, 0.25) is 0 Å². The van der Waals surface area contributed by atoms with Crippen LogP contribution in [0, 0.1) is 5.92 Å². The van der Waals surface area contributed by atoms with E-state index in [0.717, 1.165) is 35.6 Å². The minimum Gasteiger partial charge on any atom is -0.497 e. The fourth-order valence-electron chi connectivity index (χ4n) is 1.65. The zero-order valence-electron chi connectivity index (χ0n) is 9.24. The van der Waals surface area contributed by atoms with Gasteiger partial charge in [0.25, 0.3) is 0 Å². The molecule has 1 saturated heterocycles. The molecule has 16 heavy (non-hydrogen) atoms. The molecule has 0 amide bonds. The summed E-state index contributed by atoms with van der Waals surface area (Å²) in [4.78, 5) is 0. The summed E-state index contributed by atoms with van der Waals surface area (Å²) in [5.74, 6) is 2.20. The summed E-state index contributed by atoms with van der Waals surface area (Å²) in [6.45, 7) is 2.39.